The average molecular weight is 1600 g/mol. The maximum atomic E-state index is 13.6. The number of furan rings is 3. The van der Waals surface area contributed by atoms with Crippen molar-refractivity contribution >= 4 is 170 Å². The van der Waals surface area contributed by atoms with Crippen molar-refractivity contribution in [3.8, 4) is 11.4 Å². The number of likely N-dealkylation sites (tertiary alicyclic amines) is 2. The molecule has 2 aromatic carbocycles. The largest absolute Gasteiger partial charge is 0.489 e. The fourth-order valence-corrected chi connectivity index (χ4v) is 14.3. The molecular formula is C73H78BCl3F6N17O9P. The molecule has 13 aromatic rings. The molecule has 1 unspecified atom stereocenters. The molecule has 110 heavy (non-hydrogen) atoms. The van der Waals surface area contributed by atoms with Gasteiger partial charge in [-0.3, -0.25) is 14.6 Å². The van der Waals surface area contributed by atoms with Gasteiger partial charge in [0.05, 0.1) is 55.8 Å². The maximum absolute atomic E-state index is 13.6. The van der Waals surface area contributed by atoms with Gasteiger partial charge >= 0.3 is 7.12 Å². The molecule has 0 saturated carbocycles. The molecule has 0 radical (unpaired) electrons. The number of nitrogens with one attached hydrogen (secondary N) is 3. The molecule has 0 bridgehead atoms. The van der Waals surface area contributed by atoms with Gasteiger partial charge in [-0.15, -0.1) is 12.4 Å². The molecule has 6 fully saturated rings. The number of hydrogen-bond acceptors (Lipinski definition) is 24. The number of benzene rings is 2. The summed E-state index contributed by atoms with van der Waals surface area (Å²) in [5.74, 6) is -4.89. The Bertz CT molecular complexity index is 5350. The first-order valence-corrected chi connectivity index (χ1v) is 36.3. The number of ether oxygens (including phenoxy) is 3. The lowest BCUT2D eigenvalue weighted by atomic mass is 9.78. The second-order valence-corrected chi connectivity index (χ2v) is 27.7. The minimum atomic E-state index is -2.56. The quantitative estimate of drug-likeness (QED) is 0.0279. The van der Waals surface area contributed by atoms with E-state index >= 15 is 0 Å². The Morgan fingerprint density at radius 2 is 0.900 bits per heavy atom. The number of piperidine rings is 3. The van der Waals surface area contributed by atoms with Crippen LogP contribution in [0.15, 0.2) is 111 Å². The van der Waals surface area contributed by atoms with Crippen LogP contribution in [-0.4, -0.2) is 224 Å². The van der Waals surface area contributed by atoms with E-state index in [4.69, 9.17) is 70.7 Å². The van der Waals surface area contributed by atoms with Crippen LogP contribution in [0.5, 0.6) is 0 Å². The van der Waals surface area contributed by atoms with Gasteiger partial charge in [0.2, 0.25) is 27.7 Å². The van der Waals surface area contributed by atoms with Crippen molar-refractivity contribution in [2.75, 3.05) is 133 Å². The monoisotopic (exact) mass is 1600 g/mol. The van der Waals surface area contributed by atoms with Gasteiger partial charge in [-0.1, -0.05) is 24.3 Å². The Morgan fingerprint density at radius 1 is 0.491 bits per heavy atom. The predicted octanol–water partition coefficient (Wildman–Crippen LogP) is 11.9. The first kappa shape index (κ1) is 79.4. The summed E-state index contributed by atoms with van der Waals surface area (Å²) < 4.78 is 113. The van der Waals surface area contributed by atoms with Crippen molar-refractivity contribution in [3.05, 3.63) is 125 Å². The van der Waals surface area contributed by atoms with E-state index in [-0.39, 0.29) is 71.4 Å². The van der Waals surface area contributed by atoms with E-state index in [0.29, 0.717) is 216 Å². The third-order valence-corrected chi connectivity index (χ3v) is 20.0. The molecule has 26 nitrogen and oxygen atoms in total. The first-order valence-electron chi connectivity index (χ1n) is 35.6. The molecule has 580 valence electrons. The molecule has 6 aliphatic heterocycles. The summed E-state index contributed by atoms with van der Waals surface area (Å²) in [6.07, 6.45) is 8.95. The number of morpholine rings is 3. The van der Waals surface area contributed by atoms with Gasteiger partial charge in [-0.05, 0) is 87.6 Å². The van der Waals surface area contributed by atoms with Crippen molar-refractivity contribution in [2.24, 2.45) is 0 Å². The number of carbonyl (C=O) groups excluding carboxylic acids is 1. The number of carbonyl (C=O) groups is 1. The Labute approximate surface area is 644 Å². The fourth-order valence-electron chi connectivity index (χ4n) is 13.9. The van der Waals surface area contributed by atoms with E-state index in [1.807, 2.05) is 64.5 Å². The standard InChI is InChI=1S/C27H26F2N6O2.C19H20ClF2N5O2.C14H11ClN4O3.C8H8BNO2.C5H9F2N.ClH.H3P/c28-27(29)5-8-34(9-6-27)16-17-14-20-22-23(37-26(20)31-15-17)25(35-10-12-36-13-11-35)33-24(32-22)19-2-1-3-21-18(19)4-7-30-21;20-18-24-14-13-9-12(11-26-3-1-19(21,22)2-4-26)10-23-17(13)29-15(14)16(25-18)27-5-7-28-8-6-27;15-14-17-10-9-5-8(7-20)6-16-13(9)22-11(10)12(18-14)19-1-3-21-4-2-19;11-9(12)7-2-1-3-8-6(7)4-5-10-8;6-5(7)1-3-8-4-2-5;;/h1-4,7,14-15,30H,5-6,8-13,16H2;9-10H,1-8,11H2;5-7H,1-4H2;1-5,10-12H;8H,1-4H2;1H;1H3. The smallest absolute Gasteiger partial charge is 0.432 e. The van der Waals surface area contributed by atoms with E-state index in [9.17, 15) is 31.1 Å². The molecule has 19 rings (SSSR count). The van der Waals surface area contributed by atoms with E-state index in [1.54, 1.807) is 36.8 Å². The van der Waals surface area contributed by atoms with Gasteiger partial charge in [0.25, 0.3) is 17.8 Å². The van der Waals surface area contributed by atoms with Crippen molar-refractivity contribution < 1.29 is 68.6 Å². The SMILES string of the molecule is Cl.FC1(F)CCN(Cc2cnc3oc4c(N5CCOCC5)nc(-c5cccc6[nH]ccc56)nc4c3c2)CC1.FC1(F)CCN(Cc2cnc3oc4c(N5CCOCC5)nc(Cl)nc4c3c2)CC1.FC1(F)CCNCC1.O=Cc1cnc2oc3c(N4CCOCC4)nc(Cl)nc3c2c1.OB(O)c1cccc2[nH]ccc12.P. The van der Waals surface area contributed by atoms with Crippen LogP contribution in [0.1, 0.15) is 60.0 Å². The molecule has 1 atom stereocenters. The zero-order chi connectivity index (χ0) is 74.7. The van der Waals surface area contributed by atoms with Gasteiger partial charge in [0, 0.05) is 189 Å². The minimum absolute atomic E-state index is 0. The number of nitrogens with zero attached hydrogens (tertiary/aromatic N) is 14. The number of H-pyrrole nitrogens is 2. The van der Waals surface area contributed by atoms with Crippen LogP contribution in [0.3, 0.4) is 0 Å². The summed E-state index contributed by atoms with van der Waals surface area (Å²) in [6, 6.07) is 20.9. The summed E-state index contributed by atoms with van der Waals surface area (Å²) in [7, 11) is -1.40. The van der Waals surface area contributed by atoms with Crippen molar-refractivity contribution in [1.82, 2.24) is 69.9 Å². The second kappa shape index (κ2) is 34.5. The number of fused-ring (bicyclic) bond motifs is 11. The number of halogens is 9. The summed E-state index contributed by atoms with van der Waals surface area (Å²) >= 11 is 12.3. The molecule has 5 N–H and O–H groups in total. The molecule has 6 aliphatic rings. The fraction of sp³-hybridized carbons (Fsp3) is 0.397. The lowest BCUT2D eigenvalue weighted by Gasteiger charge is -2.31. The Balaban J connectivity index is 0.000000130. The first-order chi connectivity index (χ1) is 52.3. The van der Waals surface area contributed by atoms with Crippen LogP contribution in [0.4, 0.5) is 43.8 Å². The highest BCUT2D eigenvalue weighted by Crippen LogP contribution is 2.40. The third kappa shape index (κ3) is 18.1. The van der Waals surface area contributed by atoms with Crippen molar-refractivity contribution in [2.45, 2.75) is 69.4 Å². The lowest BCUT2D eigenvalue weighted by Crippen LogP contribution is -2.38. The average Bonchev–Trinajstić information content (AvgIpc) is 1.83. The number of rotatable bonds is 10. The molecule has 37 heteroatoms. The highest BCUT2D eigenvalue weighted by molar-refractivity contribution is 6.92. The van der Waals surface area contributed by atoms with Crippen LogP contribution in [0.2, 0.25) is 10.6 Å². The highest BCUT2D eigenvalue weighted by Gasteiger charge is 2.36. The number of aromatic nitrogens is 11. The third-order valence-electron chi connectivity index (χ3n) is 19.7. The Hall–Kier alpha value is -8.70. The van der Waals surface area contributed by atoms with Gasteiger partial charge < -0.3 is 67.5 Å². The summed E-state index contributed by atoms with van der Waals surface area (Å²) in [5, 5.41) is 25.2. The summed E-state index contributed by atoms with van der Waals surface area (Å²) in [6.45, 7) is 11.4. The minimum Gasteiger partial charge on any atom is -0.432 e. The van der Waals surface area contributed by atoms with Crippen LogP contribution >= 0.6 is 45.5 Å². The zero-order valence-electron chi connectivity index (χ0n) is 59.4. The van der Waals surface area contributed by atoms with Crippen LogP contribution < -0.4 is 25.5 Å². The lowest BCUT2D eigenvalue weighted by molar-refractivity contribution is -0.0571. The molecule has 17 heterocycles. The molecule has 11 aromatic heterocycles. The van der Waals surface area contributed by atoms with E-state index < -0.39 is 24.9 Å². The zero-order valence-corrected chi connectivity index (χ0v) is 63.2. The Kier molecular flexibility index (Phi) is 24.9. The van der Waals surface area contributed by atoms with Gasteiger partial charge in [-0.2, -0.15) is 19.9 Å². The summed E-state index contributed by atoms with van der Waals surface area (Å²) in [4.78, 5) is 68.0. The van der Waals surface area contributed by atoms with E-state index in [0.717, 1.165) is 61.4 Å². The van der Waals surface area contributed by atoms with Gasteiger partial charge in [-0.25, -0.2) is 61.2 Å². The number of anilines is 3. The highest BCUT2D eigenvalue weighted by atomic mass is 35.5. The predicted molar refractivity (Wildman–Crippen MR) is 416 cm³/mol. The molecule has 0 aliphatic carbocycles. The van der Waals surface area contributed by atoms with Crippen LogP contribution in [-0.2, 0) is 27.3 Å². The van der Waals surface area contributed by atoms with E-state index in [1.165, 1.54) is 6.20 Å². The number of alkyl halides is 6. The number of hydrogen-bond donors (Lipinski definition) is 5. The number of aromatic amines is 2. The Morgan fingerprint density at radius 3 is 1.35 bits per heavy atom. The summed E-state index contributed by atoms with van der Waals surface area (Å²) in [5.41, 5.74) is 10.6. The van der Waals surface area contributed by atoms with Crippen molar-refractivity contribution in [3.63, 3.8) is 0 Å². The van der Waals surface area contributed by atoms with Crippen molar-refractivity contribution in [1.29, 1.82) is 0 Å². The molecule has 0 spiro atoms. The molecule has 6 saturated heterocycles. The maximum Gasteiger partial charge on any atom is 0.489 e. The van der Waals surface area contributed by atoms with E-state index in [2.05, 4.69) is 64.9 Å². The number of aldehydes is 1. The second-order valence-electron chi connectivity index (χ2n) is 27.0. The number of pyridine rings is 3. The van der Waals surface area contributed by atoms with Gasteiger partial charge in [0.1, 0.15) is 16.6 Å². The van der Waals surface area contributed by atoms with Crippen LogP contribution in [0, 0.1) is 0 Å². The van der Waals surface area contributed by atoms with Gasteiger partial charge in [0.15, 0.2) is 46.3 Å². The molecular weight excluding hydrogens is 1520 g/mol. The topological polar surface area (TPSA) is 300 Å². The molecule has 0 amide bonds. The normalized spacial score (nSPS) is 18.0. The van der Waals surface area contributed by atoms with Crippen LogP contribution in [0.25, 0.3) is 99.8 Å².